The van der Waals surface area contributed by atoms with Crippen molar-refractivity contribution in [2.24, 2.45) is 0 Å². The van der Waals surface area contributed by atoms with Crippen LogP contribution in [-0.4, -0.2) is 38.7 Å². The molecule has 0 unspecified atom stereocenters. The largest absolute Gasteiger partial charge is 0.486 e. The van der Waals surface area contributed by atoms with Gasteiger partial charge in [-0.1, -0.05) is 24.3 Å². The van der Waals surface area contributed by atoms with E-state index in [0.29, 0.717) is 30.4 Å². The van der Waals surface area contributed by atoms with Crippen molar-refractivity contribution >= 4 is 17.5 Å². The molecule has 27 heavy (non-hydrogen) atoms. The highest BCUT2D eigenvalue weighted by Crippen LogP contribution is 2.32. The molecule has 142 valence electrons. The van der Waals surface area contributed by atoms with E-state index in [9.17, 15) is 9.59 Å². The van der Waals surface area contributed by atoms with Crippen molar-refractivity contribution in [2.75, 3.05) is 32.2 Å². The number of rotatable bonds is 5. The Morgan fingerprint density at radius 2 is 1.81 bits per heavy atom. The van der Waals surface area contributed by atoms with Gasteiger partial charge in [0, 0.05) is 25.4 Å². The molecule has 0 bridgehead atoms. The van der Waals surface area contributed by atoms with E-state index in [1.165, 1.54) is 0 Å². The van der Waals surface area contributed by atoms with Gasteiger partial charge in [0.15, 0.2) is 11.5 Å². The first kappa shape index (κ1) is 18.7. The van der Waals surface area contributed by atoms with Crippen LogP contribution in [0.15, 0.2) is 42.5 Å². The molecule has 2 aromatic carbocycles. The lowest BCUT2D eigenvalue weighted by atomic mass is 10.0. The zero-order valence-electron chi connectivity index (χ0n) is 15.3. The molecule has 7 heteroatoms. The molecule has 2 aromatic rings. The topological polar surface area (TPSA) is 85.9 Å². The first-order valence-electron chi connectivity index (χ1n) is 8.65. The number of fused-ring (bicyclic) bond motifs is 1. The second-order valence-corrected chi connectivity index (χ2v) is 6.10. The highest BCUT2D eigenvalue weighted by Gasteiger charge is 2.19. The van der Waals surface area contributed by atoms with Crippen molar-refractivity contribution in [3.63, 3.8) is 0 Å². The van der Waals surface area contributed by atoms with Gasteiger partial charge < -0.3 is 24.8 Å². The van der Waals surface area contributed by atoms with Gasteiger partial charge in [-0.3, -0.25) is 9.59 Å². The van der Waals surface area contributed by atoms with Crippen LogP contribution in [0.5, 0.6) is 11.5 Å². The predicted octanol–water partition coefficient (Wildman–Crippen LogP) is 2.21. The van der Waals surface area contributed by atoms with Crippen molar-refractivity contribution in [2.45, 2.75) is 13.0 Å². The standard InChI is InChI=1S/C20H22N2O5/c1-13-5-3-4-6-15(13)18(25-2)12-21-19(23)20(24)22-14-7-8-16-17(11-14)27-10-9-26-16/h3-8,11,18H,9-10,12H2,1-2H3,(H,21,23)(H,22,24)/t18-/m1/s1. The summed E-state index contributed by atoms with van der Waals surface area (Å²) in [7, 11) is 1.57. The van der Waals surface area contributed by atoms with E-state index >= 15 is 0 Å². The minimum Gasteiger partial charge on any atom is -0.486 e. The maximum absolute atomic E-state index is 12.1. The first-order chi connectivity index (χ1) is 13.1. The average Bonchev–Trinajstić information content (AvgIpc) is 2.69. The molecular weight excluding hydrogens is 348 g/mol. The number of benzene rings is 2. The number of anilines is 1. The minimum atomic E-state index is -0.758. The van der Waals surface area contributed by atoms with Crippen molar-refractivity contribution in [1.82, 2.24) is 5.32 Å². The third kappa shape index (κ3) is 4.57. The summed E-state index contributed by atoms with van der Waals surface area (Å²) in [6, 6.07) is 12.7. The molecule has 0 fully saturated rings. The third-order valence-electron chi connectivity index (χ3n) is 4.27. The van der Waals surface area contributed by atoms with E-state index in [-0.39, 0.29) is 12.6 Å². The van der Waals surface area contributed by atoms with E-state index in [1.807, 2.05) is 31.2 Å². The summed E-state index contributed by atoms with van der Waals surface area (Å²) < 4.78 is 16.3. The fraction of sp³-hybridized carbons (Fsp3) is 0.300. The molecule has 0 aromatic heterocycles. The highest BCUT2D eigenvalue weighted by molar-refractivity contribution is 6.39. The van der Waals surface area contributed by atoms with Gasteiger partial charge >= 0.3 is 11.8 Å². The van der Waals surface area contributed by atoms with Crippen molar-refractivity contribution in [3.05, 3.63) is 53.6 Å². The summed E-state index contributed by atoms with van der Waals surface area (Å²) in [6.07, 6.45) is -0.336. The van der Waals surface area contributed by atoms with Crippen LogP contribution in [0.3, 0.4) is 0 Å². The van der Waals surface area contributed by atoms with Crippen molar-refractivity contribution in [1.29, 1.82) is 0 Å². The van der Waals surface area contributed by atoms with E-state index in [2.05, 4.69) is 10.6 Å². The lowest BCUT2D eigenvalue weighted by molar-refractivity contribution is -0.136. The lowest BCUT2D eigenvalue weighted by Gasteiger charge is -2.19. The van der Waals surface area contributed by atoms with Crippen LogP contribution >= 0.6 is 0 Å². The van der Waals surface area contributed by atoms with E-state index in [4.69, 9.17) is 14.2 Å². The molecule has 0 spiro atoms. The number of carbonyl (C=O) groups is 2. The predicted molar refractivity (Wildman–Crippen MR) is 100 cm³/mol. The molecule has 1 atom stereocenters. The summed E-state index contributed by atoms with van der Waals surface area (Å²) >= 11 is 0. The summed E-state index contributed by atoms with van der Waals surface area (Å²) in [5.41, 5.74) is 2.48. The van der Waals surface area contributed by atoms with E-state index in [0.717, 1.165) is 11.1 Å². The Kier molecular flexibility index (Phi) is 5.93. The monoisotopic (exact) mass is 370 g/mol. The summed E-state index contributed by atoms with van der Waals surface area (Å²) in [5, 5.41) is 5.17. The van der Waals surface area contributed by atoms with Crippen LogP contribution in [0.25, 0.3) is 0 Å². The Bertz CT molecular complexity index is 837. The molecular formula is C20H22N2O5. The molecule has 0 aliphatic carbocycles. The lowest BCUT2D eigenvalue weighted by Crippen LogP contribution is -2.38. The van der Waals surface area contributed by atoms with Gasteiger partial charge in [-0.05, 0) is 30.2 Å². The summed E-state index contributed by atoms with van der Waals surface area (Å²) in [4.78, 5) is 24.3. The zero-order chi connectivity index (χ0) is 19.2. The molecule has 2 amide bonds. The average molecular weight is 370 g/mol. The quantitative estimate of drug-likeness (QED) is 0.788. The minimum absolute atomic E-state index is 0.189. The second kappa shape index (κ2) is 8.55. The van der Waals surface area contributed by atoms with Gasteiger partial charge in [-0.2, -0.15) is 0 Å². The van der Waals surface area contributed by atoms with E-state index < -0.39 is 11.8 Å². The number of aryl methyl sites for hydroxylation is 1. The summed E-state index contributed by atoms with van der Waals surface area (Å²) in [6.45, 7) is 3.09. The molecule has 1 heterocycles. The molecule has 3 rings (SSSR count). The van der Waals surface area contributed by atoms with Crippen LogP contribution in [0.4, 0.5) is 5.69 Å². The van der Waals surface area contributed by atoms with Gasteiger partial charge in [0.05, 0.1) is 6.10 Å². The van der Waals surface area contributed by atoms with Crippen molar-refractivity contribution < 1.29 is 23.8 Å². The van der Waals surface area contributed by atoms with Gasteiger partial charge in [0.1, 0.15) is 13.2 Å². The number of hydrogen-bond donors (Lipinski definition) is 2. The molecule has 1 aliphatic heterocycles. The first-order valence-corrected chi connectivity index (χ1v) is 8.65. The fourth-order valence-electron chi connectivity index (χ4n) is 2.84. The SMILES string of the molecule is CO[C@H](CNC(=O)C(=O)Nc1ccc2c(c1)OCCO2)c1ccccc1C. The molecule has 0 saturated carbocycles. The van der Waals surface area contributed by atoms with Crippen LogP contribution in [0.2, 0.25) is 0 Å². The Morgan fingerprint density at radius 1 is 1.07 bits per heavy atom. The number of hydrogen-bond acceptors (Lipinski definition) is 5. The van der Waals surface area contributed by atoms with Crippen LogP contribution in [-0.2, 0) is 14.3 Å². The number of nitrogens with one attached hydrogen (secondary N) is 2. The van der Waals surface area contributed by atoms with Crippen LogP contribution < -0.4 is 20.1 Å². The maximum Gasteiger partial charge on any atom is 0.313 e. The van der Waals surface area contributed by atoms with Crippen molar-refractivity contribution in [3.8, 4) is 11.5 Å². The molecule has 1 aliphatic rings. The number of methoxy groups -OCH3 is 1. The third-order valence-corrected chi connectivity index (χ3v) is 4.27. The highest BCUT2D eigenvalue weighted by atomic mass is 16.6. The number of carbonyl (C=O) groups excluding carboxylic acids is 2. The summed E-state index contributed by atoms with van der Waals surface area (Å²) in [5.74, 6) is -0.338. The fourth-order valence-corrected chi connectivity index (χ4v) is 2.84. The second-order valence-electron chi connectivity index (χ2n) is 6.10. The molecule has 0 radical (unpaired) electrons. The zero-order valence-corrected chi connectivity index (χ0v) is 15.3. The number of amides is 2. The molecule has 2 N–H and O–H groups in total. The Balaban J connectivity index is 1.57. The van der Waals surface area contributed by atoms with Crippen LogP contribution in [0.1, 0.15) is 17.2 Å². The van der Waals surface area contributed by atoms with Crippen LogP contribution in [0, 0.1) is 6.92 Å². The normalized spacial score (nSPS) is 13.6. The Morgan fingerprint density at radius 3 is 2.56 bits per heavy atom. The van der Waals surface area contributed by atoms with Gasteiger partial charge in [-0.25, -0.2) is 0 Å². The molecule has 0 saturated heterocycles. The molecule has 7 nitrogen and oxygen atoms in total. The van der Waals surface area contributed by atoms with Gasteiger partial charge in [0.25, 0.3) is 0 Å². The Hall–Kier alpha value is -3.06. The van der Waals surface area contributed by atoms with E-state index in [1.54, 1.807) is 25.3 Å². The Labute approximate surface area is 157 Å². The maximum atomic E-state index is 12.1. The van der Waals surface area contributed by atoms with Gasteiger partial charge in [-0.15, -0.1) is 0 Å². The number of ether oxygens (including phenoxy) is 3. The van der Waals surface area contributed by atoms with Gasteiger partial charge in [0.2, 0.25) is 0 Å². The smallest absolute Gasteiger partial charge is 0.313 e.